The zero-order chi connectivity index (χ0) is 11.3. The Morgan fingerprint density at radius 1 is 1.80 bits per heavy atom. The van der Waals surface area contributed by atoms with Gasteiger partial charge in [0.1, 0.15) is 12.6 Å². The van der Waals surface area contributed by atoms with Crippen LogP contribution in [-0.4, -0.2) is 37.4 Å². The van der Waals surface area contributed by atoms with Crippen LogP contribution in [0.25, 0.3) is 0 Å². The summed E-state index contributed by atoms with van der Waals surface area (Å²) >= 11 is 0. The number of cyclic esters (lactones) is 1. The molecule has 1 amide bonds. The van der Waals surface area contributed by atoms with Gasteiger partial charge in [0.15, 0.2) is 6.10 Å². The first-order valence-corrected chi connectivity index (χ1v) is 5.00. The summed E-state index contributed by atoms with van der Waals surface area (Å²) in [6.07, 6.45) is 0.557. The van der Waals surface area contributed by atoms with E-state index < -0.39 is 24.2 Å². The van der Waals surface area contributed by atoms with Crippen LogP contribution in [0.2, 0.25) is 0 Å². The zero-order valence-electron chi connectivity index (χ0n) is 8.69. The monoisotopic (exact) mass is 216 g/mol. The summed E-state index contributed by atoms with van der Waals surface area (Å²) < 4.78 is 9.69. The van der Waals surface area contributed by atoms with E-state index in [1.807, 2.05) is 6.92 Å². The Morgan fingerprint density at radius 2 is 2.53 bits per heavy atom. The lowest BCUT2D eigenvalue weighted by Gasteiger charge is -2.12. The van der Waals surface area contributed by atoms with Crippen LogP contribution in [-0.2, 0) is 14.3 Å². The Bertz CT molecular complexity index is 244. The third-order valence-corrected chi connectivity index (χ3v) is 2.06. The van der Waals surface area contributed by atoms with E-state index in [1.54, 1.807) is 0 Å². The first-order valence-electron chi connectivity index (χ1n) is 5.00. The summed E-state index contributed by atoms with van der Waals surface area (Å²) in [5.41, 5.74) is 5.54. The third kappa shape index (κ3) is 3.75. The maximum Gasteiger partial charge on any atom is 0.407 e. The van der Waals surface area contributed by atoms with Crippen molar-refractivity contribution >= 4 is 12.1 Å². The molecule has 1 fully saturated rings. The number of nitrogens with two attached hydrogens (primary N) is 1. The van der Waals surface area contributed by atoms with E-state index in [9.17, 15) is 9.59 Å². The second-order valence-electron chi connectivity index (χ2n) is 3.43. The van der Waals surface area contributed by atoms with Gasteiger partial charge in [0.05, 0.1) is 6.54 Å². The number of hydrogen-bond acceptors (Lipinski definition) is 5. The van der Waals surface area contributed by atoms with Crippen LogP contribution in [0.1, 0.15) is 19.8 Å². The van der Waals surface area contributed by atoms with Gasteiger partial charge in [-0.3, -0.25) is 4.79 Å². The van der Waals surface area contributed by atoms with Crippen molar-refractivity contribution in [2.24, 2.45) is 5.73 Å². The van der Waals surface area contributed by atoms with Gasteiger partial charge in [-0.25, -0.2) is 4.79 Å². The highest BCUT2D eigenvalue weighted by molar-refractivity contribution is 5.75. The standard InChI is InChI=1S/C9H16N2O4/c1-2-3-7(10)8(12)14-5-6-4-11-9(13)15-6/h6-7H,2-5,10H2,1H3,(H,11,13)/t6-,7+/m1/s1. The lowest BCUT2D eigenvalue weighted by atomic mass is 10.2. The number of alkyl carbamates (subject to hydrolysis) is 1. The van der Waals surface area contributed by atoms with Gasteiger partial charge in [-0.15, -0.1) is 0 Å². The minimum atomic E-state index is -0.583. The number of nitrogens with one attached hydrogen (secondary N) is 1. The number of amides is 1. The average molecular weight is 216 g/mol. The molecule has 0 spiro atoms. The molecule has 0 aliphatic carbocycles. The van der Waals surface area contributed by atoms with Gasteiger partial charge in [0.2, 0.25) is 0 Å². The fraction of sp³-hybridized carbons (Fsp3) is 0.778. The number of hydrogen-bond donors (Lipinski definition) is 2. The predicted molar refractivity (Wildman–Crippen MR) is 52.1 cm³/mol. The molecule has 15 heavy (non-hydrogen) atoms. The molecule has 3 N–H and O–H groups in total. The molecular weight excluding hydrogens is 200 g/mol. The number of esters is 1. The number of ether oxygens (including phenoxy) is 2. The molecule has 0 aromatic heterocycles. The minimum absolute atomic E-state index is 0.0645. The molecule has 1 aliphatic heterocycles. The largest absolute Gasteiger partial charge is 0.461 e. The van der Waals surface area contributed by atoms with Crippen molar-refractivity contribution in [3.63, 3.8) is 0 Å². The molecule has 0 aromatic rings. The first-order chi connectivity index (χ1) is 7.13. The molecule has 1 saturated heterocycles. The SMILES string of the molecule is CCC[C@H](N)C(=O)OC[C@H]1CNC(=O)O1. The molecule has 0 unspecified atom stereocenters. The van der Waals surface area contributed by atoms with Crippen molar-refractivity contribution in [3.05, 3.63) is 0 Å². The molecule has 1 heterocycles. The van der Waals surface area contributed by atoms with Crippen molar-refractivity contribution in [1.82, 2.24) is 5.32 Å². The van der Waals surface area contributed by atoms with Crippen molar-refractivity contribution in [2.75, 3.05) is 13.2 Å². The van der Waals surface area contributed by atoms with Crippen molar-refractivity contribution in [3.8, 4) is 0 Å². The Morgan fingerprint density at radius 3 is 3.07 bits per heavy atom. The minimum Gasteiger partial charge on any atom is -0.461 e. The molecule has 0 aromatic carbocycles. The van der Waals surface area contributed by atoms with E-state index in [0.29, 0.717) is 13.0 Å². The van der Waals surface area contributed by atoms with E-state index in [2.05, 4.69) is 5.32 Å². The number of rotatable bonds is 5. The van der Waals surface area contributed by atoms with Crippen LogP contribution in [0, 0.1) is 0 Å². The fourth-order valence-corrected chi connectivity index (χ4v) is 1.24. The van der Waals surface area contributed by atoms with E-state index in [4.69, 9.17) is 15.2 Å². The Hall–Kier alpha value is -1.30. The molecule has 86 valence electrons. The predicted octanol–water partition coefficient (Wildman–Crippen LogP) is -0.235. The molecule has 0 bridgehead atoms. The molecular formula is C9H16N2O4. The quantitative estimate of drug-likeness (QED) is 0.619. The second-order valence-corrected chi connectivity index (χ2v) is 3.43. The summed E-state index contributed by atoms with van der Waals surface area (Å²) in [4.78, 5) is 21.9. The van der Waals surface area contributed by atoms with Gasteiger partial charge in [0, 0.05) is 0 Å². The van der Waals surface area contributed by atoms with E-state index >= 15 is 0 Å². The first kappa shape index (κ1) is 11.8. The van der Waals surface area contributed by atoms with Gasteiger partial charge in [-0.05, 0) is 6.42 Å². The van der Waals surface area contributed by atoms with Gasteiger partial charge < -0.3 is 20.5 Å². The lowest BCUT2D eigenvalue weighted by molar-refractivity contribution is -0.147. The fourth-order valence-electron chi connectivity index (χ4n) is 1.24. The van der Waals surface area contributed by atoms with Crippen LogP contribution in [0.15, 0.2) is 0 Å². The topological polar surface area (TPSA) is 90.7 Å². The summed E-state index contributed by atoms with van der Waals surface area (Å²) in [5, 5.41) is 2.46. The Labute approximate surface area is 88.1 Å². The highest BCUT2D eigenvalue weighted by Gasteiger charge is 2.24. The van der Waals surface area contributed by atoms with Crippen LogP contribution < -0.4 is 11.1 Å². The molecule has 1 rings (SSSR count). The smallest absolute Gasteiger partial charge is 0.407 e. The van der Waals surface area contributed by atoms with Crippen molar-refractivity contribution < 1.29 is 19.1 Å². The normalized spacial score (nSPS) is 21.7. The summed E-state index contributed by atoms with van der Waals surface area (Å²) in [6.45, 7) is 2.37. The summed E-state index contributed by atoms with van der Waals surface area (Å²) in [7, 11) is 0. The lowest BCUT2D eigenvalue weighted by Crippen LogP contribution is -2.34. The van der Waals surface area contributed by atoms with Gasteiger partial charge >= 0.3 is 12.1 Å². The van der Waals surface area contributed by atoms with Crippen LogP contribution >= 0.6 is 0 Å². The van der Waals surface area contributed by atoms with Gasteiger partial charge in [0.25, 0.3) is 0 Å². The van der Waals surface area contributed by atoms with Crippen LogP contribution in [0.4, 0.5) is 4.79 Å². The molecule has 6 nitrogen and oxygen atoms in total. The van der Waals surface area contributed by atoms with E-state index in [1.165, 1.54) is 0 Å². The second kappa shape index (κ2) is 5.55. The molecule has 6 heteroatoms. The Kier molecular flexibility index (Phi) is 4.36. The highest BCUT2D eigenvalue weighted by Crippen LogP contribution is 2.02. The number of carbonyl (C=O) groups is 2. The number of carbonyl (C=O) groups excluding carboxylic acids is 2. The van der Waals surface area contributed by atoms with Crippen LogP contribution in [0.5, 0.6) is 0 Å². The van der Waals surface area contributed by atoms with Gasteiger partial charge in [-0.1, -0.05) is 13.3 Å². The maximum atomic E-state index is 11.3. The van der Waals surface area contributed by atoms with Gasteiger partial charge in [-0.2, -0.15) is 0 Å². The van der Waals surface area contributed by atoms with Crippen molar-refractivity contribution in [2.45, 2.75) is 31.9 Å². The third-order valence-electron chi connectivity index (χ3n) is 2.06. The molecule has 1 aliphatic rings. The summed E-state index contributed by atoms with van der Waals surface area (Å²) in [5.74, 6) is -0.445. The maximum absolute atomic E-state index is 11.3. The van der Waals surface area contributed by atoms with Crippen molar-refractivity contribution in [1.29, 1.82) is 0 Å². The zero-order valence-corrected chi connectivity index (χ0v) is 8.69. The molecule has 2 atom stereocenters. The van der Waals surface area contributed by atoms with Crippen LogP contribution in [0.3, 0.4) is 0 Å². The molecule has 0 saturated carbocycles. The van der Waals surface area contributed by atoms with E-state index in [0.717, 1.165) is 6.42 Å². The summed E-state index contributed by atoms with van der Waals surface area (Å²) in [6, 6.07) is -0.583. The Balaban J connectivity index is 2.19. The highest BCUT2D eigenvalue weighted by atomic mass is 16.6. The van der Waals surface area contributed by atoms with E-state index in [-0.39, 0.29) is 6.61 Å². The molecule has 0 radical (unpaired) electrons. The average Bonchev–Trinajstić information content (AvgIpc) is 2.61.